The van der Waals surface area contributed by atoms with Gasteiger partial charge in [0.2, 0.25) is 0 Å². The Morgan fingerprint density at radius 1 is 1.13 bits per heavy atom. The monoisotopic (exact) mass is 331 g/mol. The average molecular weight is 332 g/mol. The molecule has 0 atom stereocenters. The number of rotatable bonds is 6. The SMILES string of the molecule is CCN(CC)c1ccc2c(C)c(CC[Si](C)(C)C)c(=O)oc2c1. The first-order valence-electron chi connectivity index (χ1n) is 8.58. The van der Waals surface area contributed by atoms with Gasteiger partial charge in [-0.15, -0.1) is 0 Å². The van der Waals surface area contributed by atoms with Crippen LogP contribution in [0.4, 0.5) is 5.69 Å². The highest BCUT2D eigenvalue weighted by Crippen LogP contribution is 2.26. The molecule has 0 bridgehead atoms. The average Bonchev–Trinajstić information content (AvgIpc) is 2.47. The van der Waals surface area contributed by atoms with Gasteiger partial charge < -0.3 is 9.32 Å². The van der Waals surface area contributed by atoms with Gasteiger partial charge in [-0.25, -0.2) is 4.79 Å². The van der Waals surface area contributed by atoms with Crippen molar-refractivity contribution in [2.75, 3.05) is 18.0 Å². The molecule has 0 amide bonds. The van der Waals surface area contributed by atoms with Gasteiger partial charge >= 0.3 is 5.63 Å². The molecule has 2 aromatic rings. The van der Waals surface area contributed by atoms with Gasteiger partial charge in [0.1, 0.15) is 5.58 Å². The second-order valence-corrected chi connectivity index (χ2v) is 13.0. The van der Waals surface area contributed by atoms with Crippen LogP contribution in [0.2, 0.25) is 25.7 Å². The Morgan fingerprint density at radius 2 is 1.78 bits per heavy atom. The normalized spacial score (nSPS) is 11.9. The highest BCUT2D eigenvalue weighted by Gasteiger charge is 2.17. The van der Waals surface area contributed by atoms with Crippen LogP contribution in [0.1, 0.15) is 25.0 Å². The highest BCUT2D eigenvalue weighted by atomic mass is 28.3. The van der Waals surface area contributed by atoms with Crippen LogP contribution in [0.25, 0.3) is 11.0 Å². The van der Waals surface area contributed by atoms with E-state index in [0.29, 0.717) is 5.58 Å². The predicted octanol–water partition coefficient (Wildman–Crippen LogP) is 4.83. The fourth-order valence-electron chi connectivity index (χ4n) is 2.96. The largest absolute Gasteiger partial charge is 0.422 e. The molecule has 2 rings (SSSR count). The topological polar surface area (TPSA) is 33.5 Å². The molecule has 0 N–H and O–H groups in total. The van der Waals surface area contributed by atoms with Gasteiger partial charge in [0.05, 0.1) is 0 Å². The molecule has 0 aliphatic rings. The minimum atomic E-state index is -1.17. The molecule has 0 aliphatic carbocycles. The van der Waals surface area contributed by atoms with E-state index < -0.39 is 8.07 Å². The minimum absolute atomic E-state index is 0.162. The molecular weight excluding hydrogens is 302 g/mol. The maximum Gasteiger partial charge on any atom is 0.339 e. The van der Waals surface area contributed by atoms with Crippen molar-refractivity contribution in [1.82, 2.24) is 0 Å². The second kappa shape index (κ2) is 6.91. The van der Waals surface area contributed by atoms with Gasteiger partial charge in [-0.2, -0.15) is 0 Å². The summed E-state index contributed by atoms with van der Waals surface area (Å²) in [5.41, 5.74) is 3.59. The van der Waals surface area contributed by atoms with Gasteiger partial charge in [0.25, 0.3) is 0 Å². The Kier molecular flexibility index (Phi) is 5.35. The Labute approximate surface area is 140 Å². The summed E-state index contributed by atoms with van der Waals surface area (Å²) in [5, 5.41) is 1.06. The molecule has 0 radical (unpaired) electrons. The van der Waals surface area contributed by atoms with Crippen molar-refractivity contribution in [2.45, 2.75) is 52.9 Å². The lowest BCUT2D eigenvalue weighted by atomic mass is 10.0. The molecule has 0 saturated carbocycles. The van der Waals surface area contributed by atoms with Crippen molar-refractivity contribution in [3.05, 3.63) is 39.7 Å². The zero-order chi connectivity index (χ0) is 17.2. The molecule has 1 aromatic carbocycles. The molecule has 126 valence electrons. The van der Waals surface area contributed by atoms with Crippen molar-refractivity contribution in [3.8, 4) is 0 Å². The van der Waals surface area contributed by atoms with Crippen LogP contribution in [-0.4, -0.2) is 21.2 Å². The first-order valence-corrected chi connectivity index (χ1v) is 12.3. The number of aryl methyl sites for hydroxylation is 1. The third-order valence-corrected chi connectivity index (χ3v) is 6.27. The fourth-order valence-corrected chi connectivity index (χ4v) is 3.96. The van der Waals surface area contributed by atoms with Crippen LogP contribution in [0.5, 0.6) is 0 Å². The quantitative estimate of drug-likeness (QED) is 0.561. The van der Waals surface area contributed by atoms with E-state index in [4.69, 9.17) is 4.42 Å². The Balaban J connectivity index is 2.47. The molecule has 0 aliphatic heterocycles. The molecule has 0 fully saturated rings. The summed E-state index contributed by atoms with van der Waals surface area (Å²) in [6.45, 7) is 15.2. The van der Waals surface area contributed by atoms with Gasteiger partial charge in [0, 0.05) is 43.9 Å². The van der Waals surface area contributed by atoms with Crippen molar-refractivity contribution in [1.29, 1.82) is 0 Å². The predicted molar refractivity (Wildman–Crippen MR) is 103 cm³/mol. The molecule has 23 heavy (non-hydrogen) atoms. The molecule has 1 heterocycles. The van der Waals surface area contributed by atoms with Crippen molar-refractivity contribution in [2.24, 2.45) is 0 Å². The molecular formula is C19H29NO2Si. The lowest BCUT2D eigenvalue weighted by Crippen LogP contribution is -2.23. The van der Waals surface area contributed by atoms with Gasteiger partial charge in [-0.1, -0.05) is 25.7 Å². The van der Waals surface area contributed by atoms with Crippen LogP contribution in [-0.2, 0) is 6.42 Å². The zero-order valence-electron chi connectivity index (χ0n) is 15.3. The molecule has 1 aromatic heterocycles. The second-order valence-electron chi connectivity index (χ2n) is 7.41. The zero-order valence-corrected chi connectivity index (χ0v) is 16.3. The van der Waals surface area contributed by atoms with Gasteiger partial charge in [0.15, 0.2) is 0 Å². The third-order valence-electron chi connectivity index (χ3n) is 4.52. The molecule has 0 spiro atoms. The molecule has 0 saturated heterocycles. The van der Waals surface area contributed by atoms with Crippen molar-refractivity contribution >= 4 is 24.7 Å². The fraction of sp³-hybridized carbons (Fsp3) is 0.526. The summed E-state index contributed by atoms with van der Waals surface area (Å²) >= 11 is 0. The number of hydrogen-bond donors (Lipinski definition) is 0. The van der Waals surface area contributed by atoms with Crippen LogP contribution < -0.4 is 10.5 Å². The first-order chi connectivity index (χ1) is 10.8. The molecule has 4 heteroatoms. The standard InChI is InChI=1S/C19H29NO2Si/c1-7-20(8-2)15-9-10-16-14(3)17(11-12-23(4,5)6)19(21)22-18(16)13-15/h9-10,13H,7-8,11-12H2,1-6H3. The number of anilines is 1. The summed E-state index contributed by atoms with van der Waals surface area (Å²) in [7, 11) is -1.17. The molecule has 3 nitrogen and oxygen atoms in total. The van der Waals surface area contributed by atoms with E-state index in [1.807, 2.05) is 6.07 Å². The first kappa shape index (κ1) is 17.8. The van der Waals surface area contributed by atoms with Crippen LogP contribution in [0.15, 0.2) is 27.4 Å². The number of fused-ring (bicyclic) bond motifs is 1. The summed E-state index contributed by atoms with van der Waals surface area (Å²) < 4.78 is 5.65. The summed E-state index contributed by atoms with van der Waals surface area (Å²) in [6, 6.07) is 7.34. The number of hydrogen-bond acceptors (Lipinski definition) is 3. The summed E-state index contributed by atoms with van der Waals surface area (Å²) in [6.07, 6.45) is 0.831. The van der Waals surface area contributed by atoms with E-state index in [2.05, 4.69) is 57.4 Å². The van der Waals surface area contributed by atoms with E-state index in [1.165, 1.54) is 0 Å². The van der Waals surface area contributed by atoms with Gasteiger partial charge in [-0.3, -0.25) is 0 Å². The summed E-state index contributed by atoms with van der Waals surface area (Å²) in [4.78, 5) is 14.7. The van der Waals surface area contributed by atoms with E-state index in [9.17, 15) is 4.79 Å². The Morgan fingerprint density at radius 3 is 2.35 bits per heavy atom. The smallest absolute Gasteiger partial charge is 0.339 e. The lowest BCUT2D eigenvalue weighted by Gasteiger charge is -2.21. The van der Waals surface area contributed by atoms with E-state index in [0.717, 1.165) is 47.8 Å². The maximum absolute atomic E-state index is 12.4. The van der Waals surface area contributed by atoms with Crippen molar-refractivity contribution in [3.63, 3.8) is 0 Å². The van der Waals surface area contributed by atoms with E-state index in [-0.39, 0.29) is 5.63 Å². The number of nitrogens with zero attached hydrogens (tertiary/aromatic N) is 1. The van der Waals surface area contributed by atoms with E-state index in [1.54, 1.807) is 0 Å². The Hall–Kier alpha value is -1.55. The molecule has 0 unspecified atom stereocenters. The number of benzene rings is 1. The Bertz CT molecular complexity index is 739. The van der Waals surface area contributed by atoms with Crippen LogP contribution in [0, 0.1) is 6.92 Å². The highest BCUT2D eigenvalue weighted by molar-refractivity contribution is 6.76. The van der Waals surface area contributed by atoms with E-state index >= 15 is 0 Å². The maximum atomic E-state index is 12.4. The lowest BCUT2D eigenvalue weighted by molar-refractivity contribution is 0.549. The van der Waals surface area contributed by atoms with Crippen LogP contribution in [0.3, 0.4) is 0 Å². The van der Waals surface area contributed by atoms with Crippen LogP contribution >= 0.6 is 0 Å². The van der Waals surface area contributed by atoms with Gasteiger partial charge in [-0.05, 0) is 44.9 Å². The third kappa shape index (κ3) is 4.05. The van der Waals surface area contributed by atoms with Crippen molar-refractivity contribution < 1.29 is 4.42 Å². The summed E-state index contributed by atoms with van der Waals surface area (Å²) in [5.74, 6) is 0. The minimum Gasteiger partial charge on any atom is -0.422 e.